The summed E-state index contributed by atoms with van der Waals surface area (Å²) in [6.07, 6.45) is 2.14. The molecule has 92 valence electrons. The van der Waals surface area contributed by atoms with Gasteiger partial charge < -0.3 is 5.32 Å². The molecular formula is C13H14N4O. The molecule has 5 heteroatoms. The average Bonchev–Trinajstić information content (AvgIpc) is 2.82. The molecule has 2 rings (SSSR count). The molecule has 0 fully saturated rings. The Labute approximate surface area is 105 Å². The number of para-hydroxylation sites is 1. The number of carbonyl (C=O) groups is 1. The molecule has 2 N–H and O–H groups in total. The van der Waals surface area contributed by atoms with Crippen LogP contribution in [0.5, 0.6) is 0 Å². The highest BCUT2D eigenvalue weighted by molar-refractivity contribution is 6.04. The standard InChI is InChI=1S/C13H14N4O/c14-8-4-1-5-9-15-13(18)12-10-6-2-3-7-11(10)16-17-12/h2-3,6-7H,1,4-5,9H2,(H,15,18)(H,16,17). The molecule has 1 amide bonds. The van der Waals surface area contributed by atoms with E-state index in [1.165, 1.54) is 0 Å². The van der Waals surface area contributed by atoms with E-state index in [0.29, 0.717) is 18.7 Å². The van der Waals surface area contributed by atoms with Crippen LogP contribution in [0.2, 0.25) is 0 Å². The summed E-state index contributed by atoms with van der Waals surface area (Å²) in [6, 6.07) is 9.59. The van der Waals surface area contributed by atoms with E-state index in [1.807, 2.05) is 24.3 Å². The molecule has 0 saturated heterocycles. The number of aromatic nitrogens is 2. The molecule has 0 saturated carbocycles. The lowest BCUT2D eigenvalue weighted by atomic mass is 10.2. The molecule has 0 bridgehead atoms. The number of fused-ring (bicyclic) bond motifs is 1. The number of nitrogens with one attached hydrogen (secondary N) is 2. The highest BCUT2D eigenvalue weighted by Gasteiger charge is 2.12. The number of benzene rings is 1. The number of rotatable bonds is 5. The van der Waals surface area contributed by atoms with E-state index in [1.54, 1.807) is 0 Å². The molecule has 0 unspecified atom stereocenters. The van der Waals surface area contributed by atoms with E-state index in [9.17, 15) is 4.79 Å². The zero-order valence-corrected chi connectivity index (χ0v) is 9.94. The Morgan fingerprint density at radius 3 is 3.06 bits per heavy atom. The zero-order chi connectivity index (χ0) is 12.8. The van der Waals surface area contributed by atoms with Crippen molar-refractivity contribution in [1.82, 2.24) is 15.5 Å². The Morgan fingerprint density at radius 2 is 2.22 bits per heavy atom. The van der Waals surface area contributed by atoms with Gasteiger partial charge in [0.2, 0.25) is 0 Å². The average molecular weight is 242 g/mol. The molecule has 2 aromatic rings. The third-order valence-electron chi connectivity index (χ3n) is 2.69. The maximum Gasteiger partial charge on any atom is 0.272 e. The second-order valence-electron chi connectivity index (χ2n) is 3.99. The van der Waals surface area contributed by atoms with Gasteiger partial charge in [0.1, 0.15) is 0 Å². The Balaban J connectivity index is 1.95. The van der Waals surface area contributed by atoms with Crippen molar-refractivity contribution in [2.45, 2.75) is 19.3 Å². The normalized spacial score (nSPS) is 10.2. The van der Waals surface area contributed by atoms with Crippen molar-refractivity contribution in [1.29, 1.82) is 5.26 Å². The molecular weight excluding hydrogens is 228 g/mol. The molecule has 0 spiro atoms. The predicted octanol–water partition coefficient (Wildman–Crippen LogP) is 1.99. The minimum absolute atomic E-state index is 0.176. The van der Waals surface area contributed by atoms with Crippen LogP contribution in [0.15, 0.2) is 24.3 Å². The first-order valence-corrected chi connectivity index (χ1v) is 5.91. The lowest BCUT2D eigenvalue weighted by Gasteiger charge is -2.01. The van der Waals surface area contributed by atoms with E-state index in [2.05, 4.69) is 21.6 Å². The van der Waals surface area contributed by atoms with Crippen molar-refractivity contribution < 1.29 is 4.79 Å². The lowest BCUT2D eigenvalue weighted by Crippen LogP contribution is -2.24. The molecule has 1 aromatic heterocycles. The molecule has 1 aromatic carbocycles. The van der Waals surface area contributed by atoms with Gasteiger partial charge in [0.15, 0.2) is 5.69 Å². The second-order valence-corrected chi connectivity index (χ2v) is 3.99. The number of unbranched alkanes of at least 4 members (excludes halogenated alkanes) is 2. The maximum atomic E-state index is 11.9. The van der Waals surface area contributed by atoms with Gasteiger partial charge in [-0.05, 0) is 18.9 Å². The summed E-state index contributed by atoms with van der Waals surface area (Å²) in [5.41, 5.74) is 1.28. The summed E-state index contributed by atoms with van der Waals surface area (Å²) >= 11 is 0. The summed E-state index contributed by atoms with van der Waals surface area (Å²) in [6.45, 7) is 0.571. The van der Waals surface area contributed by atoms with E-state index < -0.39 is 0 Å². The summed E-state index contributed by atoms with van der Waals surface area (Å²) in [4.78, 5) is 11.9. The van der Waals surface area contributed by atoms with Gasteiger partial charge in [0, 0.05) is 18.4 Å². The molecule has 0 radical (unpaired) electrons. The largest absolute Gasteiger partial charge is 0.351 e. The number of nitriles is 1. The fourth-order valence-corrected chi connectivity index (χ4v) is 1.75. The quantitative estimate of drug-likeness (QED) is 0.786. The van der Waals surface area contributed by atoms with Crippen molar-refractivity contribution in [3.05, 3.63) is 30.0 Å². The number of hydrogen-bond acceptors (Lipinski definition) is 3. The van der Waals surface area contributed by atoms with Crippen LogP contribution >= 0.6 is 0 Å². The van der Waals surface area contributed by atoms with Crippen LogP contribution in [-0.4, -0.2) is 22.6 Å². The van der Waals surface area contributed by atoms with Gasteiger partial charge in [-0.15, -0.1) is 0 Å². The van der Waals surface area contributed by atoms with Crippen LogP contribution in [0.25, 0.3) is 10.9 Å². The van der Waals surface area contributed by atoms with Crippen LogP contribution in [0, 0.1) is 11.3 Å². The van der Waals surface area contributed by atoms with Crippen LogP contribution in [0.1, 0.15) is 29.8 Å². The molecule has 0 aliphatic rings. The number of amides is 1. The van der Waals surface area contributed by atoms with Gasteiger partial charge >= 0.3 is 0 Å². The molecule has 0 aliphatic carbocycles. The topological polar surface area (TPSA) is 81.6 Å². The Bertz CT molecular complexity index is 582. The van der Waals surface area contributed by atoms with Crippen LogP contribution < -0.4 is 5.32 Å². The van der Waals surface area contributed by atoms with Crippen LogP contribution in [-0.2, 0) is 0 Å². The summed E-state index contributed by atoms with van der Waals surface area (Å²) < 4.78 is 0. The first kappa shape index (κ1) is 12.1. The fraction of sp³-hybridized carbons (Fsp3) is 0.308. The van der Waals surface area contributed by atoms with E-state index in [0.717, 1.165) is 23.7 Å². The zero-order valence-electron chi connectivity index (χ0n) is 9.94. The Morgan fingerprint density at radius 1 is 1.39 bits per heavy atom. The van der Waals surface area contributed by atoms with Gasteiger partial charge in [0.25, 0.3) is 5.91 Å². The van der Waals surface area contributed by atoms with Gasteiger partial charge in [0.05, 0.1) is 11.6 Å². The minimum Gasteiger partial charge on any atom is -0.351 e. The van der Waals surface area contributed by atoms with E-state index >= 15 is 0 Å². The van der Waals surface area contributed by atoms with Crippen molar-refractivity contribution in [2.75, 3.05) is 6.54 Å². The Kier molecular flexibility index (Phi) is 3.92. The third-order valence-corrected chi connectivity index (χ3v) is 2.69. The molecule has 5 nitrogen and oxygen atoms in total. The number of hydrogen-bond donors (Lipinski definition) is 2. The predicted molar refractivity (Wildman–Crippen MR) is 67.9 cm³/mol. The van der Waals surface area contributed by atoms with Crippen molar-refractivity contribution in [2.24, 2.45) is 0 Å². The van der Waals surface area contributed by atoms with Crippen LogP contribution in [0.3, 0.4) is 0 Å². The lowest BCUT2D eigenvalue weighted by molar-refractivity contribution is 0.0949. The number of nitrogens with zero attached hydrogens (tertiary/aromatic N) is 2. The van der Waals surface area contributed by atoms with E-state index in [4.69, 9.17) is 5.26 Å². The smallest absolute Gasteiger partial charge is 0.272 e. The fourth-order valence-electron chi connectivity index (χ4n) is 1.75. The number of H-pyrrole nitrogens is 1. The minimum atomic E-state index is -0.176. The third kappa shape index (κ3) is 2.66. The van der Waals surface area contributed by atoms with Gasteiger partial charge in [-0.1, -0.05) is 18.2 Å². The number of carbonyl (C=O) groups excluding carboxylic acids is 1. The summed E-state index contributed by atoms with van der Waals surface area (Å²) in [5.74, 6) is -0.176. The maximum absolute atomic E-state index is 11.9. The van der Waals surface area contributed by atoms with Crippen molar-refractivity contribution >= 4 is 16.8 Å². The first-order chi connectivity index (χ1) is 8.83. The monoisotopic (exact) mass is 242 g/mol. The van der Waals surface area contributed by atoms with Crippen LogP contribution in [0.4, 0.5) is 0 Å². The summed E-state index contributed by atoms with van der Waals surface area (Å²) in [7, 11) is 0. The SMILES string of the molecule is N#CCCCCNC(=O)c1n[nH]c2ccccc12. The van der Waals surface area contributed by atoms with Crippen molar-refractivity contribution in [3.8, 4) is 6.07 Å². The van der Waals surface area contributed by atoms with Crippen molar-refractivity contribution in [3.63, 3.8) is 0 Å². The molecule has 1 heterocycles. The Hall–Kier alpha value is -2.35. The first-order valence-electron chi connectivity index (χ1n) is 5.91. The van der Waals surface area contributed by atoms with Gasteiger partial charge in [-0.2, -0.15) is 10.4 Å². The molecule has 18 heavy (non-hydrogen) atoms. The van der Waals surface area contributed by atoms with E-state index in [-0.39, 0.29) is 5.91 Å². The molecule has 0 atom stereocenters. The highest BCUT2D eigenvalue weighted by atomic mass is 16.1. The van der Waals surface area contributed by atoms with Gasteiger partial charge in [-0.3, -0.25) is 9.89 Å². The second kappa shape index (κ2) is 5.82. The molecule has 0 aliphatic heterocycles. The highest BCUT2D eigenvalue weighted by Crippen LogP contribution is 2.14. The van der Waals surface area contributed by atoms with Gasteiger partial charge in [-0.25, -0.2) is 0 Å². The number of aromatic amines is 1. The summed E-state index contributed by atoms with van der Waals surface area (Å²) in [5, 5.41) is 18.9.